The van der Waals surface area contributed by atoms with Crippen LogP contribution in [-0.4, -0.2) is 19.8 Å². The van der Waals surface area contributed by atoms with E-state index >= 15 is 0 Å². The summed E-state index contributed by atoms with van der Waals surface area (Å²) in [6, 6.07) is 14.0. The Bertz CT molecular complexity index is 715. The molecule has 0 aliphatic heterocycles. The van der Waals surface area contributed by atoms with Crippen LogP contribution in [0, 0.1) is 0 Å². The van der Waals surface area contributed by atoms with Gasteiger partial charge in [0.05, 0.1) is 5.75 Å². The fourth-order valence-corrected chi connectivity index (χ4v) is 3.26. The number of hydrogen-bond donors (Lipinski definition) is 1. The van der Waals surface area contributed by atoms with Gasteiger partial charge in [0.2, 0.25) is 10.0 Å². The van der Waals surface area contributed by atoms with E-state index in [0.717, 1.165) is 5.56 Å². The van der Waals surface area contributed by atoms with Crippen molar-refractivity contribution in [1.29, 1.82) is 0 Å². The molecule has 0 fully saturated rings. The lowest BCUT2D eigenvalue weighted by molar-refractivity contribution is 0.466. The molecule has 0 amide bonds. The average molecular weight is 325 g/mol. The van der Waals surface area contributed by atoms with Crippen molar-refractivity contribution in [2.75, 3.05) is 12.8 Å². The predicted octanol–water partition coefficient (Wildman–Crippen LogP) is 2.88. The second kappa shape index (κ2) is 6.47. The summed E-state index contributed by atoms with van der Waals surface area (Å²) >= 11 is 6.06. The van der Waals surface area contributed by atoms with Gasteiger partial charge in [0.15, 0.2) is 0 Å². The molecule has 0 unspecified atom stereocenters. The molecule has 0 saturated heterocycles. The van der Waals surface area contributed by atoms with Gasteiger partial charge in [-0.1, -0.05) is 41.9 Å². The molecule has 2 aromatic rings. The Balaban J connectivity index is 2.12. The molecule has 0 bridgehead atoms. The molecule has 2 rings (SSSR count). The van der Waals surface area contributed by atoms with Crippen LogP contribution < -0.4 is 5.73 Å². The van der Waals surface area contributed by atoms with Crippen LogP contribution in [0.25, 0.3) is 0 Å². The monoisotopic (exact) mass is 324 g/mol. The quantitative estimate of drug-likeness (QED) is 0.860. The molecule has 0 spiro atoms. The van der Waals surface area contributed by atoms with Crippen LogP contribution in [0.1, 0.15) is 11.1 Å². The van der Waals surface area contributed by atoms with Gasteiger partial charge >= 0.3 is 0 Å². The third kappa shape index (κ3) is 4.20. The molecule has 2 N–H and O–H groups in total. The Morgan fingerprint density at radius 1 is 1.10 bits per heavy atom. The normalized spacial score (nSPS) is 11.8. The predicted molar refractivity (Wildman–Crippen MR) is 86.4 cm³/mol. The number of nitrogen functional groups attached to an aromatic ring is 1. The van der Waals surface area contributed by atoms with Crippen molar-refractivity contribution in [3.63, 3.8) is 0 Å². The van der Waals surface area contributed by atoms with Crippen LogP contribution in [0.15, 0.2) is 48.5 Å². The molecular weight excluding hydrogens is 308 g/mol. The lowest BCUT2D eigenvalue weighted by Crippen LogP contribution is -2.27. The SMILES string of the molecule is CN(Cc1ccccc1Cl)S(=O)(=O)Cc1ccc(N)cc1. The van der Waals surface area contributed by atoms with Gasteiger partial charge in [-0.2, -0.15) is 0 Å². The molecular formula is C15H17ClN2O2S. The van der Waals surface area contributed by atoms with Crippen LogP contribution in [-0.2, 0) is 22.3 Å². The number of rotatable bonds is 5. The van der Waals surface area contributed by atoms with E-state index in [2.05, 4.69) is 0 Å². The Morgan fingerprint density at radius 2 is 1.71 bits per heavy atom. The van der Waals surface area contributed by atoms with Crippen LogP contribution >= 0.6 is 11.6 Å². The molecule has 0 aliphatic rings. The lowest BCUT2D eigenvalue weighted by Gasteiger charge is -2.18. The van der Waals surface area contributed by atoms with Crippen molar-refractivity contribution >= 4 is 27.3 Å². The maximum Gasteiger partial charge on any atom is 0.218 e. The zero-order valence-electron chi connectivity index (χ0n) is 11.7. The first-order valence-electron chi connectivity index (χ1n) is 6.40. The number of anilines is 1. The molecule has 21 heavy (non-hydrogen) atoms. The Labute approximate surface area is 130 Å². The third-order valence-corrected chi connectivity index (χ3v) is 5.30. The van der Waals surface area contributed by atoms with E-state index in [9.17, 15) is 8.42 Å². The highest BCUT2D eigenvalue weighted by molar-refractivity contribution is 7.88. The molecule has 6 heteroatoms. The van der Waals surface area contributed by atoms with Gasteiger partial charge in [-0.25, -0.2) is 12.7 Å². The molecule has 112 valence electrons. The van der Waals surface area contributed by atoms with Gasteiger partial charge in [-0.05, 0) is 29.3 Å². The molecule has 2 aromatic carbocycles. The molecule has 0 heterocycles. The Hall–Kier alpha value is -1.56. The summed E-state index contributed by atoms with van der Waals surface area (Å²) in [6.07, 6.45) is 0. The van der Waals surface area contributed by atoms with Crippen LogP contribution in [0.5, 0.6) is 0 Å². The third-order valence-electron chi connectivity index (χ3n) is 3.15. The minimum atomic E-state index is -3.41. The highest BCUT2D eigenvalue weighted by atomic mass is 35.5. The number of benzene rings is 2. The standard InChI is InChI=1S/C15H17ClN2O2S/c1-18(10-13-4-2-3-5-15(13)16)21(19,20)11-12-6-8-14(17)9-7-12/h2-9H,10-11,17H2,1H3. The summed E-state index contributed by atoms with van der Waals surface area (Å²) in [6.45, 7) is 0.247. The van der Waals surface area contributed by atoms with Crippen LogP contribution in [0.4, 0.5) is 5.69 Å². The number of nitrogens with zero attached hydrogens (tertiary/aromatic N) is 1. The number of sulfonamides is 1. The van der Waals surface area contributed by atoms with E-state index in [1.807, 2.05) is 18.2 Å². The van der Waals surface area contributed by atoms with Crippen LogP contribution in [0.2, 0.25) is 5.02 Å². The molecule has 0 aliphatic carbocycles. The lowest BCUT2D eigenvalue weighted by atomic mass is 10.2. The smallest absolute Gasteiger partial charge is 0.218 e. The van der Waals surface area contributed by atoms with Gasteiger partial charge in [-0.3, -0.25) is 0 Å². The maximum absolute atomic E-state index is 12.4. The van der Waals surface area contributed by atoms with E-state index in [-0.39, 0.29) is 12.3 Å². The van der Waals surface area contributed by atoms with Crippen molar-refractivity contribution in [2.45, 2.75) is 12.3 Å². The van der Waals surface area contributed by atoms with E-state index in [0.29, 0.717) is 16.3 Å². The molecule has 0 radical (unpaired) electrons. The van der Waals surface area contributed by atoms with Crippen molar-refractivity contribution < 1.29 is 8.42 Å². The van der Waals surface area contributed by atoms with Crippen molar-refractivity contribution in [3.05, 3.63) is 64.7 Å². The van der Waals surface area contributed by atoms with E-state index in [1.54, 1.807) is 37.4 Å². The summed E-state index contributed by atoms with van der Waals surface area (Å²) < 4.78 is 26.0. The molecule has 4 nitrogen and oxygen atoms in total. The maximum atomic E-state index is 12.4. The Kier molecular flexibility index (Phi) is 4.88. The first-order valence-corrected chi connectivity index (χ1v) is 8.39. The van der Waals surface area contributed by atoms with Gasteiger partial charge < -0.3 is 5.73 Å². The van der Waals surface area contributed by atoms with Crippen molar-refractivity contribution in [1.82, 2.24) is 4.31 Å². The first-order chi connectivity index (χ1) is 9.88. The zero-order valence-corrected chi connectivity index (χ0v) is 13.2. The number of nitrogens with two attached hydrogens (primary N) is 1. The minimum absolute atomic E-state index is 0.0613. The number of halogens is 1. The van der Waals surface area contributed by atoms with Gasteiger partial charge in [0.1, 0.15) is 0 Å². The highest BCUT2D eigenvalue weighted by Crippen LogP contribution is 2.19. The van der Waals surface area contributed by atoms with E-state index in [4.69, 9.17) is 17.3 Å². The van der Waals surface area contributed by atoms with Crippen LogP contribution in [0.3, 0.4) is 0 Å². The van der Waals surface area contributed by atoms with Gasteiger partial charge in [-0.15, -0.1) is 0 Å². The second-order valence-corrected chi connectivity index (χ2v) is 7.33. The zero-order chi connectivity index (χ0) is 15.5. The minimum Gasteiger partial charge on any atom is -0.399 e. The average Bonchev–Trinajstić information content (AvgIpc) is 2.43. The van der Waals surface area contributed by atoms with E-state index < -0.39 is 10.0 Å². The topological polar surface area (TPSA) is 63.4 Å². The summed E-state index contributed by atoms with van der Waals surface area (Å²) in [5, 5.41) is 0.562. The number of hydrogen-bond acceptors (Lipinski definition) is 3. The fourth-order valence-electron chi connectivity index (χ4n) is 1.90. The Morgan fingerprint density at radius 3 is 2.33 bits per heavy atom. The summed E-state index contributed by atoms with van der Waals surface area (Å²) in [4.78, 5) is 0. The fraction of sp³-hybridized carbons (Fsp3) is 0.200. The summed E-state index contributed by atoms with van der Waals surface area (Å²) in [7, 11) is -1.86. The largest absolute Gasteiger partial charge is 0.399 e. The highest BCUT2D eigenvalue weighted by Gasteiger charge is 2.19. The summed E-state index contributed by atoms with van der Waals surface area (Å²) in [5.74, 6) is -0.0613. The second-order valence-electron chi connectivity index (χ2n) is 4.85. The van der Waals surface area contributed by atoms with Gasteiger partial charge in [0, 0.05) is 24.3 Å². The molecule has 0 aromatic heterocycles. The van der Waals surface area contributed by atoms with Gasteiger partial charge in [0.25, 0.3) is 0 Å². The van der Waals surface area contributed by atoms with Crippen molar-refractivity contribution in [3.8, 4) is 0 Å². The van der Waals surface area contributed by atoms with Crippen molar-refractivity contribution in [2.24, 2.45) is 0 Å². The molecule has 0 saturated carbocycles. The summed E-state index contributed by atoms with van der Waals surface area (Å²) in [5.41, 5.74) is 7.69. The molecule has 0 atom stereocenters. The first kappa shape index (κ1) is 15.8. The van der Waals surface area contributed by atoms with E-state index in [1.165, 1.54) is 4.31 Å².